The number of thioether (sulfide) groups is 1. The van der Waals surface area contributed by atoms with E-state index >= 15 is 0 Å². The molecule has 1 rings (SSSR count). The lowest BCUT2D eigenvalue weighted by Gasteiger charge is -2.16. The molecule has 2 atom stereocenters. The largest absolute Gasteiger partial charge is 0.464 e. The van der Waals surface area contributed by atoms with Crippen LogP contribution in [0.2, 0.25) is 0 Å². The van der Waals surface area contributed by atoms with Crippen molar-refractivity contribution in [1.29, 1.82) is 0 Å². The van der Waals surface area contributed by atoms with Crippen LogP contribution in [0, 0.1) is 0 Å². The van der Waals surface area contributed by atoms with Crippen LogP contribution in [0.25, 0.3) is 0 Å². The lowest BCUT2D eigenvalue weighted by Crippen LogP contribution is -2.31. The molecular weight excluding hydrogens is 298 g/mol. The molecule has 1 aromatic carbocycles. The Morgan fingerprint density at radius 2 is 1.90 bits per heavy atom. The molecule has 2 N–H and O–H groups in total. The number of hydrogen-bond acceptors (Lipinski definition) is 4. The summed E-state index contributed by atoms with van der Waals surface area (Å²) < 4.78 is 54.5. The van der Waals surface area contributed by atoms with Gasteiger partial charge in [-0.3, -0.25) is 0 Å². The molecule has 8 heteroatoms. The maximum atomic E-state index is 13.6. The predicted molar refractivity (Wildman–Crippen MR) is 66.8 cm³/mol. The van der Waals surface area contributed by atoms with Gasteiger partial charge in [-0.05, 0) is 36.4 Å². The van der Waals surface area contributed by atoms with E-state index in [-0.39, 0.29) is 28.8 Å². The lowest BCUT2D eigenvalue weighted by molar-refractivity contribution is -0.149. The van der Waals surface area contributed by atoms with Crippen LogP contribution in [-0.4, -0.2) is 24.3 Å². The fourth-order valence-electron chi connectivity index (χ4n) is 1.43. The number of rotatable bonds is 5. The first-order valence-corrected chi connectivity index (χ1v) is 6.48. The maximum absolute atomic E-state index is 13.6. The van der Waals surface area contributed by atoms with E-state index in [0.717, 1.165) is 0 Å². The average molecular weight is 311 g/mol. The summed E-state index contributed by atoms with van der Waals surface area (Å²) in [5, 5.41) is 0. The molecule has 0 heterocycles. The molecule has 0 fully saturated rings. The van der Waals surface area contributed by atoms with Gasteiger partial charge in [-0.25, -0.2) is 9.18 Å². The van der Waals surface area contributed by atoms with Gasteiger partial charge in [0.25, 0.3) is 0 Å². The van der Waals surface area contributed by atoms with Crippen molar-refractivity contribution in [3.63, 3.8) is 0 Å². The van der Waals surface area contributed by atoms with E-state index in [1.165, 1.54) is 31.2 Å². The number of halogens is 4. The van der Waals surface area contributed by atoms with Gasteiger partial charge in [0.15, 0.2) is 0 Å². The molecule has 20 heavy (non-hydrogen) atoms. The molecule has 0 spiro atoms. The van der Waals surface area contributed by atoms with Crippen molar-refractivity contribution in [3.05, 3.63) is 29.8 Å². The quantitative estimate of drug-likeness (QED) is 0.515. The van der Waals surface area contributed by atoms with Crippen molar-refractivity contribution in [1.82, 2.24) is 0 Å². The van der Waals surface area contributed by atoms with Gasteiger partial charge >= 0.3 is 11.5 Å². The van der Waals surface area contributed by atoms with E-state index in [9.17, 15) is 22.4 Å². The Morgan fingerprint density at radius 1 is 1.35 bits per heavy atom. The highest BCUT2D eigenvalue weighted by molar-refractivity contribution is 8.00. The second-order valence-electron chi connectivity index (χ2n) is 3.80. The number of benzene rings is 1. The molecule has 0 saturated heterocycles. The summed E-state index contributed by atoms with van der Waals surface area (Å²) in [6, 6.07) is 3.57. The molecule has 0 aliphatic heterocycles. The first-order chi connectivity index (χ1) is 9.24. The predicted octanol–water partition coefficient (Wildman–Crippen LogP) is 3.20. The zero-order chi connectivity index (χ0) is 15.3. The molecule has 0 aliphatic carbocycles. The standard InChI is InChI=1S/C12H13F4NO2S/c1-2-19-11(18)9(13)10(17)7-3-5-8(6-4-7)20-12(14,15)16/h3-6,9-10H,2,17H2,1H3/t9?,10-/m1/s1. The second kappa shape index (κ2) is 6.94. The highest BCUT2D eigenvalue weighted by Gasteiger charge is 2.30. The van der Waals surface area contributed by atoms with Gasteiger partial charge in [-0.2, -0.15) is 13.2 Å². The number of ether oxygens (including phenoxy) is 1. The number of carbonyl (C=O) groups excluding carboxylic acids is 1. The number of carbonyl (C=O) groups is 1. The Labute approximate surface area is 117 Å². The normalized spacial score (nSPS) is 14.7. The summed E-state index contributed by atoms with van der Waals surface area (Å²) in [6.45, 7) is 1.55. The molecule has 0 aromatic heterocycles. The first kappa shape index (κ1) is 16.8. The molecule has 112 valence electrons. The summed E-state index contributed by atoms with van der Waals surface area (Å²) in [4.78, 5) is 11.1. The highest BCUT2D eigenvalue weighted by Crippen LogP contribution is 2.37. The van der Waals surface area contributed by atoms with Crippen molar-refractivity contribution < 1.29 is 27.1 Å². The monoisotopic (exact) mass is 311 g/mol. The number of esters is 1. The molecule has 0 amide bonds. The van der Waals surface area contributed by atoms with Gasteiger partial charge in [0.2, 0.25) is 6.17 Å². The summed E-state index contributed by atoms with van der Waals surface area (Å²) in [6.07, 6.45) is -2.06. The third kappa shape index (κ3) is 5.01. The van der Waals surface area contributed by atoms with E-state index in [2.05, 4.69) is 4.74 Å². The van der Waals surface area contributed by atoms with Crippen LogP contribution in [0.5, 0.6) is 0 Å². The van der Waals surface area contributed by atoms with Gasteiger partial charge in [-0.15, -0.1) is 0 Å². The van der Waals surface area contributed by atoms with E-state index in [1.807, 2.05) is 0 Å². The molecule has 3 nitrogen and oxygen atoms in total. The number of nitrogens with two attached hydrogens (primary N) is 1. The molecule has 1 unspecified atom stereocenters. The zero-order valence-corrected chi connectivity index (χ0v) is 11.3. The topological polar surface area (TPSA) is 52.3 Å². The second-order valence-corrected chi connectivity index (χ2v) is 4.93. The Bertz CT molecular complexity index is 450. The molecule has 1 aromatic rings. The van der Waals surface area contributed by atoms with E-state index < -0.39 is 23.7 Å². The smallest absolute Gasteiger partial charge is 0.446 e. The summed E-state index contributed by atoms with van der Waals surface area (Å²) >= 11 is -0.282. The maximum Gasteiger partial charge on any atom is 0.446 e. The summed E-state index contributed by atoms with van der Waals surface area (Å²) in [7, 11) is 0. The zero-order valence-electron chi connectivity index (χ0n) is 10.5. The van der Waals surface area contributed by atoms with Crippen molar-refractivity contribution in [2.24, 2.45) is 5.73 Å². The minimum absolute atomic E-state index is 0.0210. The van der Waals surface area contributed by atoms with Crippen molar-refractivity contribution >= 4 is 17.7 Å². The Hall–Kier alpha value is -1.28. The third-order valence-electron chi connectivity index (χ3n) is 2.33. The van der Waals surface area contributed by atoms with E-state index in [4.69, 9.17) is 5.73 Å². The Balaban J connectivity index is 2.75. The van der Waals surface area contributed by atoms with Gasteiger partial charge in [-0.1, -0.05) is 12.1 Å². The van der Waals surface area contributed by atoms with Crippen molar-refractivity contribution in [2.45, 2.75) is 29.5 Å². The van der Waals surface area contributed by atoms with Crippen LogP contribution >= 0.6 is 11.8 Å². The fraction of sp³-hybridized carbons (Fsp3) is 0.417. The summed E-state index contributed by atoms with van der Waals surface area (Å²) in [5.41, 5.74) is 1.37. The van der Waals surface area contributed by atoms with Crippen LogP contribution in [0.3, 0.4) is 0 Å². The molecular formula is C12H13F4NO2S. The van der Waals surface area contributed by atoms with Gasteiger partial charge < -0.3 is 10.5 Å². The van der Waals surface area contributed by atoms with Crippen LogP contribution in [0.15, 0.2) is 29.2 Å². The SMILES string of the molecule is CCOC(=O)C(F)[C@H](N)c1ccc(SC(F)(F)F)cc1. The van der Waals surface area contributed by atoms with Gasteiger partial charge in [0.05, 0.1) is 12.6 Å². The van der Waals surface area contributed by atoms with E-state index in [1.54, 1.807) is 0 Å². The molecule has 0 saturated carbocycles. The summed E-state index contributed by atoms with van der Waals surface area (Å²) in [5.74, 6) is -1.09. The van der Waals surface area contributed by atoms with Gasteiger partial charge in [0.1, 0.15) is 0 Å². The van der Waals surface area contributed by atoms with Crippen molar-refractivity contribution in [2.75, 3.05) is 6.61 Å². The molecule has 0 aliphatic rings. The number of alkyl halides is 4. The van der Waals surface area contributed by atoms with Crippen LogP contribution in [0.4, 0.5) is 17.6 Å². The Kier molecular flexibility index (Phi) is 5.82. The highest BCUT2D eigenvalue weighted by atomic mass is 32.2. The van der Waals surface area contributed by atoms with Crippen LogP contribution in [-0.2, 0) is 9.53 Å². The average Bonchev–Trinajstić information content (AvgIpc) is 2.36. The molecule has 0 bridgehead atoms. The minimum atomic E-state index is -4.39. The van der Waals surface area contributed by atoms with Crippen molar-refractivity contribution in [3.8, 4) is 0 Å². The third-order valence-corrected chi connectivity index (χ3v) is 3.06. The number of hydrogen-bond donors (Lipinski definition) is 1. The van der Waals surface area contributed by atoms with E-state index in [0.29, 0.717) is 0 Å². The Morgan fingerprint density at radius 3 is 2.35 bits per heavy atom. The van der Waals surface area contributed by atoms with Crippen LogP contribution < -0.4 is 5.73 Å². The van der Waals surface area contributed by atoms with Gasteiger partial charge in [0, 0.05) is 4.90 Å². The van der Waals surface area contributed by atoms with Crippen LogP contribution in [0.1, 0.15) is 18.5 Å². The minimum Gasteiger partial charge on any atom is -0.464 e. The first-order valence-electron chi connectivity index (χ1n) is 5.66. The molecule has 0 radical (unpaired) electrons. The lowest BCUT2D eigenvalue weighted by atomic mass is 10.0. The fourth-order valence-corrected chi connectivity index (χ4v) is 1.97.